The van der Waals surface area contributed by atoms with Crippen LogP contribution in [0.1, 0.15) is 11.1 Å². The van der Waals surface area contributed by atoms with E-state index < -0.39 is 17.6 Å². The van der Waals surface area contributed by atoms with Crippen molar-refractivity contribution in [2.45, 2.75) is 0 Å². The van der Waals surface area contributed by atoms with E-state index in [4.69, 9.17) is 4.74 Å². The van der Waals surface area contributed by atoms with E-state index in [2.05, 4.69) is 0 Å². The Hall–Kier alpha value is -2.49. The van der Waals surface area contributed by atoms with Crippen LogP contribution < -0.4 is 0 Å². The molecule has 0 spiro atoms. The lowest BCUT2D eigenvalue weighted by Crippen LogP contribution is -1.98. The predicted molar refractivity (Wildman–Crippen MR) is 70.6 cm³/mol. The lowest BCUT2D eigenvalue weighted by molar-refractivity contribution is -0.133. The molecule has 0 aromatic heterocycles. The van der Waals surface area contributed by atoms with Crippen LogP contribution >= 0.6 is 0 Å². The van der Waals surface area contributed by atoms with Crippen LogP contribution in [0.2, 0.25) is 0 Å². The highest BCUT2D eigenvalue weighted by atomic mass is 19.1. The van der Waals surface area contributed by atoms with Gasteiger partial charge in [-0.25, -0.2) is 13.6 Å². The van der Waals surface area contributed by atoms with Gasteiger partial charge in [0.2, 0.25) is 0 Å². The minimum atomic E-state index is -0.519. The summed E-state index contributed by atoms with van der Waals surface area (Å²) in [4.78, 5) is 11.9. The molecule has 0 saturated heterocycles. The molecule has 0 bridgehead atoms. The topological polar surface area (TPSA) is 26.3 Å². The molecule has 0 unspecified atom stereocenters. The second-order valence-corrected chi connectivity index (χ2v) is 4.45. The largest absolute Gasteiger partial charge is 0.457 e. The lowest BCUT2D eigenvalue weighted by atomic mass is 9.96. The van der Waals surface area contributed by atoms with Gasteiger partial charge in [0.15, 0.2) is 0 Å². The van der Waals surface area contributed by atoms with Crippen molar-refractivity contribution in [3.05, 3.63) is 71.3 Å². The molecule has 0 atom stereocenters. The molecule has 2 aromatic carbocycles. The zero-order valence-electron chi connectivity index (χ0n) is 10.4. The van der Waals surface area contributed by atoms with Gasteiger partial charge >= 0.3 is 5.97 Å². The Labute approximate surface area is 114 Å². The molecule has 100 valence electrons. The molecular weight excluding hydrogens is 262 g/mol. The van der Waals surface area contributed by atoms with Gasteiger partial charge in [0.25, 0.3) is 0 Å². The highest BCUT2D eigenvalue weighted by Crippen LogP contribution is 2.33. The first kappa shape index (κ1) is 12.5. The van der Waals surface area contributed by atoms with Gasteiger partial charge in [0.1, 0.15) is 18.2 Å². The molecule has 0 saturated carbocycles. The highest BCUT2D eigenvalue weighted by molar-refractivity contribution is 6.27. The summed E-state index contributed by atoms with van der Waals surface area (Å²) in [7, 11) is 0. The fourth-order valence-corrected chi connectivity index (χ4v) is 2.25. The predicted octanol–water partition coefficient (Wildman–Crippen LogP) is 3.43. The number of rotatable bonds is 2. The van der Waals surface area contributed by atoms with Crippen molar-refractivity contribution in [2.24, 2.45) is 0 Å². The molecule has 2 aromatic rings. The summed E-state index contributed by atoms with van der Waals surface area (Å²) in [5.41, 5.74) is 1.86. The van der Waals surface area contributed by atoms with Crippen LogP contribution in [0.5, 0.6) is 0 Å². The minimum absolute atomic E-state index is 0.0636. The second kappa shape index (κ2) is 4.89. The highest BCUT2D eigenvalue weighted by Gasteiger charge is 2.27. The third kappa shape index (κ3) is 2.20. The first-order valence-corrected chi connectivity index (χ1v) is 6.07. The van der Waals surface area contributed by atoms with Crippen LogP contribution in [0, 0.1) is 11.6 Å². The van der Waals surface area contributed by atoms with Crippen LogP contribution in [0.4, 0.5) is 8.78 Å². The average Bonchev–Trinajstić information content (AvgIpc) is 2.80. The Bertz CT molecular complexity index is 720. The number of ether oxygens (including phenoxy) is 1. The summed E-state index contributed by atoms with van der Waals surface area (Å²) in [6.45, 7) is 0.0636. The number of carbonyl (C=O) groups is 1. The third-order valence-corrected chi connectivity index (χ3v) is 3.14. The number of esters is 1. The average molecular weight is 272 g/mol. The van der Waals surface area contributed by atoms with Crippen LogP contribution in [0.15, 0.2) is 48.5 Å². The summed E-state index contributed by atoms with van der Waals surface area (Å²) < 4.78 is 31.6. The van der Waals surface area contributed by atoms with Gasteiger partial charge in [0, 0.05) is 5.57 Å². The maximum absolute atomic E-state index is 13.3. The fraction of sp³-hybridized carbons (Fsp3) is 0.0625. The molecule has 0 N–H and O–H groups in total. The maximum Gasteiger partial charge on any atom is 0.339 e. The van der Waals surface area contributed by atoms with Crippen molar-refractivity contribution in [3.63, 3.8) is 0 Å². The number of hydrogen-bond donors (Lipinski definition) is 0. The van der Waals surface area contributed by atoms with Gasteiger partial charge in [-0.15, -0.1) is 0 Å². The quantitative estimate of drug-likeness (QED) is 0.783. The van der Waals surface area contributed by atoms with E-state index in [1.165, 1.54) is 30.3 Å². The van der Waals surface area contributed by atoms with Crippen LogP contribution in [-0.2, 0) is 9.53 Å². The Morgan fingerprint density at radius 3 is 2.15 bits per heavy atom. The third-order valence-electron chi connectivity index (χ3n) is 3.14. The zero-order chi connectivity index (χ0) is 14.1. The van der Waals surface area contributed by atoms with E-state index in [0.29, 0.717) is 16.7 Å². The summed E-state index contributed by atoms with van der Waals surface area (Å²) in [5.74, 6) is -1.35. The van der Waals surface area contributed by atoms with E-state index >= 15 is 0 Å². The van der Waals surface area contributed by atoms with Gasteiger partial charge in [-0.05, 0) is 35.4 Å². The molecule has 2 nitrogen and oxygen atoms in total. The van der Waals surface area contributed by atoms with Crippen LogP contribution in [0.25, 0.3) is 11.1 Å². The van der Waals surface area contributed by atoms with Crippen molar-refractivity contribution in [2.75, 3.05) is 6.61 Å². The molecular formula is C16H10F2O2. The van der Waals surface area contributed by atoms with Gasteiger partial charge in [-0.3, -0.25) is 0 Å². The number of benzene rings is 2. The van der Waals surface area contributed by atoms with Gasteiger partial charge in [-0.1, -0.05) is 24.3 Å². The molecule has 4 heteroatoms. The molecule has 0 fully saturated rings. The first-order chi connectivity index (χ1) is 9.65. The Balaban J connectivity index is 2.17. The van der Waals surface area contributed by atoms with Crippen molar-refractivity contribution < 1.29 is 18.3 Å². The normalized spacial score (nSPS) is 14.6. The second-order valence-electron chi connectivity index (χ2n) is 4.45. The summed E-state index contributed by atoms with van der Waals surface area (Å²) in [6.07, 6.45) is 0. The van der Waals surface area contributed by atoms with E-state index in [1.54, 1.807) is 18.2 Å². The molecule has 0 aliphatic carbocycles. The Morgan fingerprint density at radius 2 is 1.50 bits per heavy atom. The van der Waals surface area contributed by atoms with Crippen molar-refractivity contribution in [3.8, 4) is 0 Å². The standard InChI is InChI=1S/C16H10F2O2/c17-12-5-1-3-10(7-12)14-9-20-16(19)15(14)11-4-2-6-13(18)8-11/h1-8H,9H2. The Kier molecular flexibility index (Phi) is 3.06. The van der Waals surface area contributed by atoms with E-state index in [-0.39, 0.29) is 12.2 Å². The molecule has 1 aliphatic heterocycles. The molecule has 1 heterocycles. The van der Waals surface area contributed by atoms with Crippen molar-refractivity contribution in [1.82, 2.24) is 0 Å². The summed E-state index contributed by atoms with van der Waals surface area (Å²) in [6, 6.07) is 11.6. The molecule has 3 rings (SSSR count). The van der Waals surface area contributed by atoms with Gasteiger partial charge in [0.05, 0.1) is 5.57 Å². The smallest absolute Gasteiger partial charge is 0.339 e. The Morgan fingerprint density at radius 1 is 0.900 bits per heavy atom. The van der Waals surface area contributed by atoms with Crippen LogP contribution in [-0.4, -0.2) is 12.6 Å². The number of cyclic esters (lactones) is 1. The summed E-state index contributed by atoms with van der Waals surface area (Å²) in [5, 5.41) is 0. The minimum Gasteiger partial charge on any atom is -0.457 e. The van der Waals surface area contributed by atoms with E-state index in [0.717, 1.165) is 0 Å². The molecule has 20 heavy (non-hydrogen) atoms. The van der Waals surface area contributed by atoms with Gasteiger partial charge in [-0.2, -0.15) is 0 Å². The number of hydrogen-bond acceptors (Lipinski definition) is 2. The number of halogens is 2. The molecule has 0 radical (unpaired) electrons. The van der Waals surface area contributed by atoms with E-state index in [1.807, 2.05) is 0 Å². The van der Waals surface area contributed by atoms with Crippen molar-refractivity contribution in [1.29, 1.82) is 0 Å². The monoisotopic (exact) mass is 272 g/mol. The fourth-order valence-electron chi connectivity index (χ4n) is 2.25. The number of carbonyl (C=O) groups excluding carboxylic acids is 1. The maximum atomic E-state index is 13.3. The van der Waals surface area contributed by atoms with Gasteiger partial charge < -0.3 is 4.74 Å². The van der Waals surface area contributed by atoms with Crippen LogP contribution in [0.3, 0.4) is 0 Å². The zero-order valence-corrected chi connectivity index (χ0v) is 10.4. The summed E-state index contributed by atoms with van der Waals surface area (Å²) >= 11 is 0. The van der Waals surface area contributed by atoms with E-state index in [9.17, 15) is 13.6 Å². The SMILES string of the molecule is O=C1OCC(c2cccc(F)c2)=C1c1cccc(F)c1. The first-order valence-electron chi connectivity index (χ1n) is 6.07. The lowest BCUT2D eigenvalue weighted by Gasteiger charge is -2.04. The molecule has 0 amide bonds. The molecule has 1 aliphatic rings. The van der Waals surface area contributed by atoms with Crippen molar-refractivity contribution >= 4 is 17.1 Å².